The zero-order chi connectivity index (χ0) is 15.9. The number of aromatic hydroxyl groups is 1. The molecule has 0 spiro atoms. The Hall–Kier alpha value is -2.36. The van der Waals surface area contributed by atoms with Crippen LogP contribution in [0.1, 0.15) is 37.8 Å². The van der Waals surface area contributed by atoms with Gasteiger partial charge in [-0.25, -0.2) is 4.79 Å². The van der Waals surface area contributed by atoms with Crippen molar-refractivity contribution in [2.45, 2.75) is 26.7 Å². The molecule has 1 aromatic heterocycles. The number of hydrogen-bond acceptors (Lipinski definition) is 4. The fourth-order valence-corrected chi connectivity index (χ4v) is 3.08. The van der Waals surface area contributed by atoms with Gasteiger partial charge in [-0.2, -0.15) is 0 Å². The Balaban J connectivity index is 2.30. The first kappa shape index (κ1) is 14.6. The molecule has 2 atom stereocenters. The number of phenolic OH excluding ortho intramolecular Hbond substituents is 1. The van der Waals surface area contributed by atoms with Gasteiger partial charge in [0.2, 0.25) is 0 Å². The zero-order valence-corrected chi connectivity index (χ0v) is 13.0. The maximum absolute atomic E-state index is 12.3. The van der Waals surface area contributed by atoms with Gasteiger partial charge in [-0.05, 0) is 36.5 Å². The van der Waals surface area contributed by atoms with Crippen LogP contribution in [0, 0.1) is 5.92 Å². The number of phenols is 1. The predicted octanol–water partition coefficient (Wildman–Crippen LogP) is 3.64. The van der Waals surface area contributed by atoms with E-state index in [4.69, 9.17) is 4.74 Å². The number of ether oxygens (including phenoxy) is 1. The summed E-state index contributed by atoms with van der Waals surface area (Å²) in [7, 11) is 0. The van der Waals surface area contributed by atoms with E-state index in [1.807, 2.05) is 12.1 Å². The first-order valence-corrected chi connectivity index (χ1v) is 7.54. The molecule has 0 radical (unpaired) electrons. The normalized spacial score (nSPS) is 20.4. The fourth-order valence-electron chi connectivity index (χ4n) is 3.08. The molecule has 0 aliphatic heterocycles. The lowest BCUT2D eigenvalue weighted by Crippen LogP contribution is -2.18. The fraction of sp³-hybridized carbons (Fsp3) is 0.333. The highest BCUT2D eigenvalue weighted by molar-refractivity contribution is 6.18. The summed E-state index contributed by atoms with van der Waals surface area (Å²) < 4.78 is 5.17. The van der Waals surface area contributed by atoms with E-state index in [0.717, 1.165) is 22.0 Å². The summed E-state index contributed by atoms with van der Waals surface area (Å²) in [6.07, 6.45) is 3.65. The summed E-state index contributed by atoms with van der Waals surface area (Å²) in [5.74, 6) is 0.231. The highest BCUT2D eigenvalue weighted by atomic mass is 16.5. The molecule has 0 bridgehead atoms. The van der Waals surface area contributed by atoms with Crippen molar-refractivity contribution >= 4 is 22.4 Å². The van der Waals surface area contributed by atoms with Crippen molar-refractivity contribution in [2.75, 3.05) is 6.61 Å². The zero-order valence-electron chi connectivity index (χ0n) is 13.0. The number of fused-ring (bicyclic) bond motifs is 3. The van der Waals surface area contributed by atoms with E-state index in [0.29, 0.717) is 12.2 Å². The van der Waals surface area contributed by atoms with Gasteiger partial charge < -0.3 is 9.84 Å². The summed E-state index contributed by atoms with van der Waals surface area (Å²) in [5, 5.41) is 11.0. The average Bonchev–Trinajstić information content (AvgIpc) is 2.50. The minimum absolute atomic E-state index is 0.178. The molecule has 2 unspecified atom stereocenters. The van der Waals surface area contributed by atoms with Gasteiger partial charge in [0.15, 0.2) is 0 Å². The summed E-state index contributed by atoms with van der Waals surface area (Å²) in [5.41, 5.74) is 3.02. The second-order valence-electron chi connectivity index (χ2n) is 5.71. The number of allylic oxidation sites excluding steroid dienone is 1. The topological polar surface area (TPSA) is 59.4 Å². The number of nitrogens with zero attached hydrogens (tertiary/aromatic N) is 1. The lowest BCUT2D eigenvalue weighted by Gasteiger charge is -2.28. The van der Waals surface area contributed by atoms with Gasteiger partial charge in [-0.3, -0.25) is 4.98 Å². The van der Waals surface area contributed by atoms with E-state index in [9.17, 15) is 9.90 Å². The van der Waals surface area contributed by atoms with Gasteiger partial charge in [-0.1, -0.05) is 26.0 Å². The van der Waals surface area contributed by atoms with Crippen LogP contribution in [0.2, 0.25) is 0 Å². The number of carbonyl (C=O) groups is 1. The second-order valence-corrected chi connectivity index (χ2v) is 5.71. The van der Waals surface area contributed by atoms with Crippen molar-refractivity contribution in [1.82, 2.24) is 4.98 Å². The number of aromatic nitrogens is 1. The molecule has 1 aliphatic rings. The van der Waals surface area contributed by atoms with Crippen LogP contribution in [0.4, 0.5) is 0 Å². The quantitative estimate of drug-likeness (QED) is 0.860. The molecule has 0 fully saturated rings. The Labute approximate surface area is 129 Å². The minimum atomic E-state index is -0.334. The number of carbonyl (C=O) groups excluding carboxylic acids is 1. The minimum Gasteiger partial charge on any atom is -0.507 e. The molecular formula is C18H19NO3. The lowest BCUT2D eigenvalue weighted by atomic mass is 9.77. The number of esters is 1. The van der Waals surface area contributed by atoms with Gasteiger partial charge in [0.1, 0.15) is 5.75 Å². The third kappa shape index (κ3) is 2.15. The molecule has 2 aromatic rings. The van der Waals surface area contributed by atoms with Crippen LogP contribution in [0.25, 0.3) is 16.5 Å². The van der Waals surface area contributed by atoms with Crippen molar-refractivity contribution in [1.29, 1.82) is 0 Å². The van der Waals surface area contributed by atoms with Crippen LogP contribution >= 0.6 is 0 Å². The SMILES string of the molecule is CCOC(=O)C1=CC(C)C(C)c2c1cnc1cccc(O)c21. The van der Waals surface area contributed by atoms with E-state index in [1.165, 1.54) is 0 Å². The van der Waals surface area contributed by atoms with Crippen LogP contribution in [0.15, 0.2) is 30.5 Å². The lowest BCUT2D eigenvalue weighted by molar-refractivity contribution is -0.136. The summed E-state index contributed by atoms with van der Waals surface area (Å²) in [4.78, 5) is 16.7. The molecule has 0 saturated heterocycles. The Morgan fingerprint density at radius 3 is 2.86 bits per heavy atom. The van der Waals surface area contributed by atoms with E-state index >= 15 is 0 Å². The van der Waals surface area contributed by atoms with Crippen molar-refractivity contribution in [3.05, 3.63) is 41.6 Å². The van der Waals surface area contributed by atoms with Crippen LogP contribution in [0.3, 0.4) is 0 Å². The summed E-state index contributed by atoms with van der Waals surface area (Å²) in [6.45, 7) is 6.30. The Morgan fingerprint density at radius 1 is 1.36 bits per heavy atom. The number of pyridine rings is 1. The molecule has 4 nitrogen and oxygen atoms in total. The van der Waals surface area contributed by atoms with Gasteiger partial charge >= 0.3 is 5.97 Å². The highest BCUT2D eigenvalue weighted by Crippen LogP contribution is 2.43. The third-order valence-corrected chi connectivity index (χ3v) is 4.37. The number of hydrogen-bond donors (Lipinski definition) is 1. The Morgan fingerprint density at radius 2 is 2.14 bits per heavy atom. The number of rotatable bonds is 2. The van der Waals surface area contributed by atoms with E-state index in [-0.39, 0.29) is 23.6 Å². The van der Waals surface area contributed by atoms with Crippen molar-refractivity contribution in [2.24, 2.45) is 5.92 Å². The largest absolute Gasteiger partial charge is 0.507 e. The summed E-state index contributed by atoms with van der Waals surface area (Å²) in [6, 6.07) is 5.30. The molecule has 22 heavy (non-hydrogen) atoms. The standard InChI is InChI=1S/C18H19NO3/c1-4-22-18(21)12-8-10(2)11(3)16-13(12)9-19-14-6-5-7-15(20)17(14)16/h5-11,20H,4H2,1-3H3. The summed E-state index contributed by atoms with van der Waals surface area (Å²) >= 11 is 0. The van der Waals surface area contributed by atoms with E-state index < -0.39 is 0 Å². The van der Waals surface area contributed by atoms with Gasteiger partial charge in [0.25, 0.3) is 0 Å². The third-order valence-electron chi connectivity index (χ3n) is 4.37. The maximum atomic E-state index is 12.3. The average molecular weight is 297 g/mol. The van der Waals surface area contributed by atoms with Crippen molar-refractivity contribution < 1.29 is 14.6 Å². The Bertz CT molecular complexity index is 779. The van der Waals surface area contributed by atoms with E-state index in [2.05, 4.69) is 18.8 Å². The first-order chi connectivity index (χ1) is 10.5. The van der Waals surface area contributed by atoms with E-state index in [1.54, 1.807) is 25.3 Å². The number of benzene rings is 1. The molecule has 4 heteroatoms. The maximum Gasteiger partial charge on any atom is 0.338 e. The predicted molar refractivity (Wildman–Crippen MR) is 85.6 cm³/mol. The van der Waals surface area contributed by atoms with Crippen molar-refractivity contribution in [3.63, 3.8) is 0 Å². The molecular weight excluding hydrogens is 278 g/mol. The van der Waals surface area contributed by atoms with Crippen LogP contribution < -0.4 is 0 Å². The first-order valence-electron chi connectivity index (χ1n) is 7.54. The molecule has 0 saturated carbocycles. The molecule has 3 rings (SSSR count). The van der Waals surface area contributed by atoms with Crippen LogP contribution in [0.5, 0.6) is 5.75 Å². The monoisotopic (exact) mass is 297 g/mol. The van der Waals surface area contributed by atoms with Gasteiger partial charge in [-0.15, -0.1) is 0 Å². The molecule has 1 N–H and O–H groups in total. The second kappa shape index (κ2) is 5.44. The smallest absolute Gasteiger partial charge is 0.338 e. The molecule has 1 aliphatic carbocycles. The van der Waals surface area contributed by atoms with Crippen LogP contribution in [-0.2, 0) is 9.53 Å². The Kier molecular flexibility index (Phi) is 3.61. The van der Waals surface area contributed by atoms with Crippen molar-refractivity contribution in [3.8, 4) is 5.75 Å². The van der Waals surface area contributed by atoms with Crippen LogP contribution in [-0.4, -0.2) is 22.7 Å². The molecule has 1 aromatic carbocycles. The highest BCUT2D eigenvalue weighted by Gasteiger charge is 2.30. The van der Waals surface area contributed by atoms with Gasteiger partial charge in [0, 0.05) is 17.1 Å². The molecule has 0 amide bonds. The molecule has 114 valence electrons. The molecule has 1 heterocycles. The van der Waals surface area contributed by atoms with Gasteiger partial charge in [0.05, 0.1) is 17.7 Å².